The number of carbonyl (C=O) groups excluding carboxylic acids is 1. The van der Waals surface area contributed by atoms with Gasteiger partial charge in [-0.05, 0) is 0 Å². The van der Waals surface area contributed by atoms with E-state index in [-0.39, 0.29) is 20.9 Å². The molecule has 3 rings (SSSR count). The summed E-state index contributed by atoms with van der Waals surface area (Å²) in [5.41, 5.74) is 9.05. The molecule has 0 aliphatic rings. The number of amides is 1. The monoisotopic (exact) mass is 318 g/mol. The standard InChI is InChI=1S/C13H10N4OSe/c14-9-4-1-3-8(7-9)13(18)15-10-5-2-6-11-12(10)17-19-16-11/h1-7H,14H2,(H,15,18). The molecule has 94 valence electrons. The van der Waals surface area contributed by atoms with Gasteiger partial charge in [0.2, 0.25) is 0 Å². The second-order valence-electron chi connectivity index (χ2n) is 4.02. The summed E-state index contributed by atoms with van der Waals surface area (Å²) in [6.45, 7) is 0. The van der Waals surface area contributed by atoms with E-state index in [4.69, 9.17) is 5.73 Å². The molecule has 19 heavy (non-hydrogen) atoms. The average Bonchev–Trinajstić information content (AvgIpc) is 2.88. The van der Waals surface area contributed by atoms with Crippen LogP contribution < -0.4 is 11.1 Å². The third kappa shape index (κ3) is 2.36. The van der Waals surface area contributed by atoms with Gasteiger partial charge in [0, 0.05) is 0 Å². The molecule has 1 heterocycles. The molecule has 3 aromatic rings. The van der Waals surface area contributed by atoms with Gasteiger partial charge in [0.25, 0.3) is 0 Å². The first-order valence-corrected chi connectivity index (χ1v) is 7.15. The van der Waals surface area contributed by atoms with Gasteiger partial charge in [0.1, 0.15) is 0 Å². The molecule has 0 unspecified atom stereocenters. The van der Waals surface area contributed by atoms with Gasteiger partial charge in [-0.3, -0.25) is 0 Å². The molecule has 0 spiro atoms. The summed E-state index contributed by atoms with van der Waals surface area (Å²) in [4.78, 5) is 12.1. The summed E-state index contributed by atoms with van der Waals surface area (Å²) in [6, 6.07) is 12.4. The van der Waals surface area contributed by atoms with Crippen LogP contribution >= 0.6 is 0 Å². The first kappa shape index (κ1) is 11.9. The Hall–Kier alpha value is -2.17. The normalized spacial score (nSPS) is 10.5. The zero-order chi connectivity index (χ0) is 13.2. The fourth-order valence-electron chi connectivity index (χ4n) is 1.78. The van der Waals surface area contributed by atoms with E-state index in [2.05, 4.69) is 13.3 Å². The Bertz CT molecular complexity index is 753. The minimum absolute atomic E-state index is 0.111. The molecule has 3 N–H and O–H groups in total. The van der Waals surface area contributed by atoms with Gasteiger partial charge in [-0.25, -0.2) is 0 Å². The number of benzene rings is 2. The van der Waals surface area contributed by atoms with Crippen molar-refractivity contribution in [3.63, 3.8) is 0 Å². The molecular formula is C13H10N4OSe. The molecule has 1 aromatic heterocycles. The molecule has 6 heteroatoms. The minimum atomic E-state index is -0.199. The van der Waals surface area contributed by atoms with E-state index < -0.39 is 0 Å². The third-order valence-electron chi connectivity index (χ3n) is 2.68. The zero-order valence-corrected chi connectivity index (χ0v) is 11.5. The van der Waals surface area contributed by atoms with Crippen LogP contribution in [0.5, 0.6) is 0 Å². The summed E-state index contributed by atoms with van der Waals surface area (Å²) in [7, 11) is 0. The van der Waals surface area contributed by atoms with E-state index >= 15 is 0 Å². The first-order valence-electron chi connectivity index (χ1n) is 5.62. The Morgan fingerprint density at radius 3 is 2.84 bits per heavy atom. The van der Waals surface area contributed by atoms with Gasteiger partial charge in [0.05, 0.1) is 0 Å². The van der Waals surface area contributed by atoms with Crippen LogP contribution in [0.1, 0.15) is 10.4 Å². The molecule has 0 saturated carbocycles. The van der Waals surface area contributed by atoms with E-state index in [1.165, 1.54) is 0 Å². The van der Waals surface area contributed by atoms with Gasteiger partial charge >= 0.3 is 115 Å². The van der Waals surface area contributed by atoms with Crippen LogP contribution in [0.15, 0.2) is 42.5 Å². The number of hydrogen-bond donors (Lipinski definition) is 2. The van der Waals surface area contributed by atoms with Crippen LogP contribution in [-0.4, -0.2) is 28.8 Å². The van der Waals surface area contributed by atoms with Crippen molar-refractivity contribution in [1.29, 1.82) is 0 Å². The van der Waals surface area contributed by atoms with Crippen LogP contribution in [0.3, 0.4) is 0 Å². The molecule has 0 saturated heterocycles. The van der Waals surface area contributed by atoms with E-state index in [0.717, 1.165) is 11.0 Å². The number of aromatic nitrogens is 2. The number of hydrogen-bond acceptors (Lipinski definition) is 4. The number of carbonyl (C=O) groups is 1. The number of nitrogens with zero attached hydrogens (tertiary/aromatic N) is 2. The Morgan fingerprint density at radius 2 is 2.00 bits per heavy atom. The molecule has 2 aromatic carbocycles. The van der Waals surface area contributed by atoms with Gasteiger partial charge in [-0.15, -0.1) is 0 Å². The summed E-state index contributed by atoms with van der Waals surface area (Å²) in [6.07, 6.45) is 0. The average molecular weight is 317 g/mol. The number of nitrogen functional groups attached to an aromatic ring is 1. The number of nitrogens with one attached hydrogen (secondary N) is 1. The molecule has 0 radical (unpaired) electrons. The number of anilines is 2. The zero-order valence-electron chi connectivity index (χ0n) is 9.83. The summed E-state index contributed by atoms with van der Waals surface area (Å²) in [5.74, 6) is -0.199. The van der Waals surface area contributed by atoms with Crippen molar-refractivity contribution in [3.8, 4) is 0 Å². The quantitative estimate of drug-likeness (QED) is 0.555. The summed E-state index contributed by atoms with van der Waals surface area (Å²) >= 11 is -0.111. The molecule has 0 atom stereocenters. The van der Waals surface area contributed by atoms with Gasteiger partial charge in [0.15, 0.2) is 0 Å². The molecule has 1 amide bonds. The van der Waals surface area contributed by atoms with Crippen molar-refractivity contribution in [1.82, 2.24) is 7.96 Å². The number of fused-ring (bicyclic) bond motifs is 1. The van der Waals surface area contributed by atoms with E-state index in [1.807, 2.05) is 18.2 Å². The SMILES string of the molecule is Nc1cccc(C(=O)Nc2cccc3n[se]nc23)c1. The van der Waals surface area contributed by atoms with Crippen LogP contribution in [0.25, 0.3) is 11.0 Å². The maximum atomic E-state index is 12.1. The topological polar surface area (TPSA) is 80.9 Å². The first-order chi connectivity index (χ1) is 9.24. The Morgan fingerprint density at radius 1 is 1.16 bits per heavy atom. The predicted molar refractivity (Wildman–Crippen MR) is 75.3 cm³/mol. The van der Waals surface area contributed by atoms with Crippen LogP contribution in [0, 0.1) is 0 Å². The fraction of sp³-hybridized carbons (Fsp3) is 0. The molecule has 0 aliphatic heterocycles. The van der Waals surface area contributed by atoms with Crippen LogP contribution in [0.4, 0.5) is 11.4 Å². The van der Waals surface area contributed by atoms with E-state index in [0.29, 0.717) is 16.9 Å². The maximum absolute atomic E-state index is 12.1. The van der Waals surface area contributed by atoms with Crippen molar-refractivity contribution in [3.05, 3.63) is 48.0 Å². The van der Waals surface area contributed by atoms with Gasteiger partial charge < -0.3 is 0 Å². The Balaban J connectivity index is 1.93. The van der Waals surface area contributed by atoms with E-state index in [1.54, 1.807) is 24.3 Å². The van der Waals surface area contributed by atoms with Crippen LogP contribution in [-0.2, 0) is 0 Å². The molecule has 0 bridgehead atoms. The van der Waals surface area contributed by atoms with Crippen molar-refractivity contribution in [2.75, 3.05) is 11.1 Å². The summed E-state index contributed by atoms with van der Waals surface area (Å²) < 4.78 is 8.60. The number of nitrogens with two attached hydrogens (primary N) is 1. The van der Waals surface area contributed by atoms with Crippen molar-refractivity contribution < 1.29 is 4.79 Å². The van der Waals surface area contributed by atoms with Crippen molar-refractivity contribution in [2.24, 2.45) is 0 Å². The fourth-order valence-corrected chi connectivity index (χ4v) is 2.93. The Labute approximate surface area is 115 Å². The third-order valence-corrected chi connectivity index (χ3v) is 3.82. The summed E-state index contributed by atoms with van der Waals surface area (Å²) in [5, 5.41) is 2.85. The van der Waals surface area contributed by atoms with Gasteiger partial charge in [-0.1, -0.05) is 0 Å². The van der Waals surface area contributed by atoms with Crippen molar-refractivity contribution >= 4 is 43.3 Å². The second-order valence-corrected chi connectivity index (χ2v) is 5.13. The van der Waals surface area contributed by atoms with Gasteiger partial charge in [-0.2, -0.15) is 0 Å². The molecule has 0 aliphatic carbocycles. The molecule has 5 nitrogen and oxygen atoms in total. The molecule has 0 fully saturated rings. The molecular weight excluding hydrogens is 307 g/mol. The van der Waals surface area contributed by atoms with Crippen LogP contribution in [0.2, 0.25) is 0 Å². The second kappa shape index (κ2) is 4.84. The van der Waals surface area contributed by atoms with Crippen molar-refractivity contribution in [2.45, 2.75) is 0 Å². The van der Waals surface area contributed by atoms with E-state index in [9.17, 15) is 4.79 Å². The Kier molecular flexibility index (Phi) is 3.03. The predicted octanol–water partition coefficient (Wildman–Crippen LogP) is 1.52. The number of rotatable bonds is 2.